The fourth-order valence-corrected chi connectivity index (χ4v) is 2.69. The molecule has 0 unspecified atom stereocenters. The summed E-state index contributed by atoms with van der Waals surface area (Å²) in [5.41, 5.74) is 1.95. The summed E-state index contributed by atoms with van der Waals surface area (Å²) in [6.45, 7) is 1.85. The van der Waals surface area contributed by atoms with E-state index in [4.69, 9.17) is 12.2 Å². The van der Waals surface area contributed by atoms with E-state index in [0.717, 1.165) is 5.56 Å². The zero-order valence-corrected chi connectivity index (χ0v) is 13.6. The third-order valence-corrected chi connectivity index (χ3v) is 3.92. The topological polar surface area (TPSA) is 49.4 Å². The lowest BCUT2D eigenvalue weighted by Gasteiger charge is -2.29. The van der Waals surface area contributed by atoms with Crippen LogP contribution in [0.25, 0.3) is 6.08 Å². The Labute approximate surface area is 143 Å². The van der Waals surface area contributed by atoms with E-state index < -0.39 is 11.8 Å². The summed E-state index contributed by atoms with van der Waals surface area (Å²) in [5, 5.41) is 2.56. The first kappa shape index (κ1) is 16.0. The molecular formula is C18H13FN2O2S. The van der Waals surface area contributed by atoms with Gasteiger partial charge in [0.25, 0.3) is 11.8 Å². The lowest BCUT2D eigenvalue weighted by Crippen LogP contribution is -2.54. The SMILES string of the molecule is Cc1ccccc1N1C(=O)C(=Cc2ccc(F)cc2)C(=O)NC1=S. The van der Waals surface area contributed by atoms with Gasteiger partial charge < -0.3 is 0 Å². The molecule has 1 aliphatic rings. The quantitative estimate of drug-likeness (QED) is 0.519. The van der Waals surface area contributed by atoms with Crippen LogP contribution in [0.3, 0.4) is 0 Å². The molecule has 1 heterocycles. The van der Waals surface area contributed by atoms with Gasteiger partial charge in [-0.25, -0.2) is 4.39 Å². The number of nitrogens with one attached hydrogen (secondary N) is 1. The van der Waals surface area contributed by atoms with Crippen molar-refractivity contribution >= 4 is 40.9 Å². The Balaban J connectivity index is 2.03. The highest BCUT2D eigenvalue weighted by atomic mass is 32.1. The number of anilines is 1. The number of thiocarbonyl (C=S) groups is 1. The van der Waals surface area contributed by atoms with Gasteiger partial charge in [-0.05, 0) is 54.5 Å². The van der Waals surface area contributed by atoms with E-state index in [-0.39, 0.29) is 16.5 Å². The van der Waals surface area contributed by atoms with Crippen molar-refractivity contribution in [3.05, 3.63) is 71.0 Å². The normalized spacial score (nSPS) is 16.5. The minimum atomic E-state index is -0.570. The predicted octanol–water partition coefficient (Wildman–Crippen LogP) is 2.97. The third kappa shape index (κ3) is 2.96. The van der Waals surface area contributed by atoms with Gasteiger partial charge in [0.1, 0.15) is 11.4 Å². The molecular weight excluding hydrogens is 327 g/mol. The second kappa shape index (κ2) is 6.33. The lowest BCUT2D eigenvalue weighted by atomic mass is 10.1. The Bertz CT molecular complexity index is 875. The maximum atomic E-state index is 13.0. The number of amides is 2. The summed E-state index contributed by atoms with van der Waals surface area (Å²) in [5.74, 6) is -1.47. The molecule has 0 spiro atoms. The van der Waals surface area contributed by atoms with E-state index in [1.54, 1.807) is 12.1 Å². The highest BCUT2D eigenvalue weighted by Crippen LogP contribution is 2.25. The molecule has 1 fully saturated rings. The van der Waals surface area contributed by atoms with Crippen molar-refractivity contribution in [3.63, 3.8) is 0 Å². The van der Waals surface area contributed by atoms with Crippen molar-refractivity contribution in [2.75, 3.05) is 4.90 Å². The van der Waals surface area contributed by atoms with Crippen LogP contribution in [0, 0.1) is 12.7 Å². The summed E-state index contributed by atoms with van der Waals surface area (Å²) >= 11 is 5.15. The fourth-order valence-electron chi connectivity index (χ4n) is 2.42. The molecule has 6 heteroatoms. The van der Waals surface area contributed by atoms with Crippen LogP contribution < -0.4 is 10.2 Å². The molecule has 4 nitrogen and oxygen atoms in total. The van der Waals surface area contributed by atoms with Crippen LogP contribution in [-0.4, -0.2) is 16.9 Å². The first-order chi connectivity index (χ1) is 11.5. The van der Waals surface area contributed by atoms with Gasteiger partial charge in [0.15, 0.2) is 5.11 Å². The second-order valence-electron chi connectivity index (χ2n) is 5.30. The van der Waals surface area contributed by atoms with E-state index in [0.29, 0.717) is 11.3 Å². The number of nitrogens with zero attached hydrogens (tertiary/aromatic N) is 1. The minimum absolute atomic E-state index is 0.0376. The molecule has 0 saturated carbocycles. The van der Waals surface area contributed by atoms with Gasteiger partial charge in [0.2, 0.25) is 0 Å². The number of hydrogen-bond acceptors (Lipinski definition) is 3. The largest absolute Gasteiger partial charge is 0.298 e. The molecule has 120 valence electrons. The highest BCUT2D eigenvalue weighted by molar-refractivity contribution is 7.80. The molecule has 0 bridgehead atoms. The number of hydrogen-bond donors (Lipinski definition) is 1. The van der Waals surface area contributed by atoms with Crippen LogP contribution in [-0.2, 0) is 9.59 Å². The Hall–Kier alpha value is -2.86. The van der Waals surface area contributed by atoms with Gasteiger partial charge in [0, 0.05) is 0 Å². The molecule has 2 amide bonds. The molecule has 1 saturated heterocycles. The van der Waals surface area contributed by atoms with Gasteiger partial charge in [-0.2, -0.15) is 0 Å². The van der Waals surface area contributed by atoms with Gasteiger partial charge in [-0.15, -0.1) is 0 Å². The smallest absolute Gasteiger partial charge is 0.270 e. The number of carbonyl (C=O) groups is 2. The summed E-state index contributed by atoms with van der Waals surface area (Å²) in [6.07, 6.45) is 1.42. The van der Waals surface area contributed by atoms with Crippen LogP contribution >= 0.6 is 12.2 Å². The van der Waals surface area contributed by atoms with Crippen molar-refractivity contribution in [2.24, 2.45) is 0 Å². The van der Waals surface area contributed by atoms with E-state index in [1.807, 2.05) is 19.1 Å². The lowest BCUT2D eigenvalue weighted by molar-refractivity contribution is -0.122. The van der Waals surface area contributed by atoms with Crippen molar-refractivity contribution in [3.8, 4) is 0 Å². The number of aryl methyl sites for hydroxylation is 1. The maximum Gasteiger partial charge on any atom is 0.270 e. The van der Waals surface area contributed by atoms with Crippen molar-refractivity contribution < 1.29 is 14.0 Å². The standard InChI is InChI=1S/C18H13FN2O2S/c1-11-4-2-3-5-15(11)21-17(23)14(16(22)20-18(21)24)10-12-6-8-13(19)9-7-12/h2-10H,1H3,(H,20,22,24). The molecule has 0 aliphatic carbocycles. The Morgan fingerprint density at radius 1 is 1.08 bits per heavy atom. The average molecular weight is 340 g/mol. The summed E-state index contributed by atoms with van der Waals surface area (Å²) in [4.78, 5) is 26.3. The van der Waals surface area contributed by atoms with Crippen LogP contribution in [0.5, 0.6) is 0 Å². The Morgan fingerprint density at radius 3 is 2.42 bits per heavy atom. The van der Waals surface area contributed by atoms with Crippen molar-refractivity contribution in [2.45, 2.75) is 6.92 Å². The first-order valence-electron chi connectivity index (χ1n) is 7.20. The number of rotatable bonds is 2. The average Bonchev–Trinajstić information content (AvgIpc) is 2.55. The zero-order chi connectivity index (χ0) is 17.3. The zero-order valence-electron chi connectivity index (χ0n) is 12.7. The van der Waals surface area contributed by atoms with E-state index in [1.165, 1.54) is 35.2 Å². The highest BCUT2D eigenvalue weighted by Gasteiger charge is 2.34. The predicted molar refractivity (Wildman–Crippen MR) is 93.8 cm³/mol. The Morgan fingerprint density at radius 2 is 1.75 bits per heavy atom. The second-order valence-corrected chi connectivity index (χ2v) is 5.68. The van der Waals surface area contributed by atoms with Gasteiger partial charge in [0.05, 0.1) is 5.69 Å². The number of para-hydroxylation sites is 1. The molecule has 3 rings (SSSR count). The van der Waals surface area contributed by atoms with Gasteiger partial charge in [-0.3, -0.25) is 19.8 Å². The summed E-state index contributed by atoms with van der Waals surface area (Å²) in [6, 6.07) is 12.8. The number of halogens is 1. The van der Waals surface area contributed by atoms with Crippen molar-refractivity contribution in [1.29, 1.82) is 0 Å². The van der Waals surface area contributed by atoms with Gasteiger partial charge >= 0.3 is 0 Å². The molecule has 2 aromatic rings. The number of carbonyl (C=O) groups excluding carboxylic acids is 2. The van der Waals surface area contributed by atoms with E-state index in [9.17, 15) is 14.0 Å². The fraction of sp³-hybridized carbons (Fsp3) is 0.0556. The maximum absolute atomic E-state index is 13.0. The van der Waals surface area contributed by atoms with E-state index >= 15 is 0 Å². The molecule has 0 radical (unpaired) electrons. The molecule has 2 aromatic carbocycles. The van der Waals surface area contributed by atoms with E-state index in [2.05, 4.69) is 5.32 Å². The first-order valence-corrected chi connectivity index (χ1v) is 7.61. The van der Waals surface area contributed by atoms with Crippen molar-refractivity contribution in [1.82, 2.24) is 5.32 Å². The monoisotopic (exact) mass is 340 g/mol. The molecule has 0 atom stereocenters. The molecule has 1 N–H and O–H groups in total. The Kier molecular flexibility index (Phi) is 4.22. The van der Waals surface area contributed by atoms with Gasteiger partial charge in [-0.1, -0.05) is 30.3 Å². The van der Waals surface area contributed by atoms with Crippen LogP contribution in [0.4, 0.5) is 10.1 Å². The minimum Gasteiger partial charge on any atom is -0.298 e. The van der Waals surface area contributed by atoms with Crippen LogP contribution in [0.1, 0.15) is 11.1 Å². The molecule has 1 aliphatic heterocycles. The third-order valence-electron chi connectivity index (χ3n) is 3.64. The summed E-state index contributed by atoms with van der Waals surface area (Å²) < 4.78 is 13.0. The van der Waals surface area contributed by atoms with Crippen LogP contribution in [0.2, 0.25) is 0 Å². The summed E-state index contributed by atoms with van der Waals surface area (Å²) in [7, 11) is 0. The molecule has 0 aromatic heterocycles. The number of benzene rings is 2. The van der Waals surface area contributed by atoms with Crippen LogP contribution in [0.15, 0.2) is 54.1 Å². The molecule has 24 heavy (non-hydrogen) atoms.